The topological polar surface area (TPSA) is 38.7 Å². The maximum Gasteiger partial charge on any atom is 0.0930 e. The summed E-state index contributed by atoms with van der Waals surface area (Å²) in [4.78, 5) is 14.8. The number of hydrogen-bond acceptors (Lipinski definition) is 3. The van der Waals surface area contributed by atoms with E-state index in [0.717, 1.165) is 28.2 Å². The number of nitrogens with zero attached hydrogens (tertiary/aromatic N) is 3. The Kier molecular flexibility index (Phi) is 5.09. The molecule has 3 aromatic heterocycles. The second-order valence-electron chi connectivity index (χ2n) is 14.6. The summed E-state index contributed by atoms with van der Waals surface area (Å²) < 4.78 is 0. The molecule has 0 aliphatic heterocycles. The van der Waals surface area contributed by atoms with Gasteiger partial charge in [-0.15, -0.1) is 0 Å². The third-order valence-electron chi connectivity index (χ3n) is 11.0. The molecule has 3 heterocycles. The minimum Gasteiger partial charge on any atom is -0.255 e. The molecule has 3 aromatic carbocycles. The zero-order chi connectivity index (χ0) is 30.9. The first-order valence-corrected chi connectivity index (χ1v) is 15.9. The van der Waals surface area contributed by atoms with Crippen molar-refractivity contribution in [3.8, 4) is 56.0 Å². The van der Waals surface area contributed by atoms with Crippen LogP contribution in [0.3, 0.4) is 0 Å². The van der Waals surface area contributed by atoms with Crippen LogP contribution in [0.5, 0.6) is 0 Å². The number of benzene rings is 3. The van der Waals surface area contributed by atoms with Gasteiger partial charge in [0.2, 0.25) is 0 Å². The summed E-state index contributed by atoms with van der Waals surface area (Å²) in [5.41, 5.74) is 19.2. The van der Waals surface area contributed by atoms with Crippen LogP contribution in [0, 0.1) is 0 Å². The molecule has 6 aromatic rings. The van der Waals surface area contributed by atoms with Crippen LogP contribution in [-0.4, -0.2) is 15.0 Å². The smallest absolute Gasteiger partial charge is 0.0930 e. The van der Waals surface area contributed by atoms with Gasteiger partial charge in [-0.05, 0) is 86.0 Å². The summed E-state index contributed by atoms with van der Waals surface area (Å²) in [5, 5.41) is 0. The quantitative estimate of drug-likeness (QED) is 0.204. The minimum absolute atomic E-state index is 0.0217. The van der Waals surface area contributed by atoms with E-state index in [1.807, 2.05) is 24.7 Å². The molecule has 0 bridgehead atoms. The molecule has 45 heavy (non-hydrogen) atoms. The lowest BCUT2D eigenvalue weighted by atomic mass is 9.80. The molecule has 3 aliphatic rings. The second-order valence-corrected chi connectivity index (χ2v) is 14.6. The predicted molar refractivity (Wildman–Crippen MR) is 183 cm³/mol. The summed E-state index contributed by atoms with van der Waals surface area (Å²) in [6.45, 7) is 13.9. The molecule has 0 amide bonds. The third kappa shape index (κ3) is 3.44. The van der Waals surface area contributed by atoms with Gasteiger partial charge in [-0.1, -0.05) is 96.1 Å². The van der Waals surface area contributed by atoms with Crippen molar-refractivity contribution in [3.05, 3.63) is 137 Å². The molecule has 0 radical (unpaired) electrons. The summed E-state index contributed by atoms with van der Waals surface area (Å²) >= 11 is 0. The van der Waals surface area contributed by atoms with Crippen LogP contribution >= 0.6 is 0 Å². The van der Waals surface area contributed by atoms with E-state index in [1.54, 1.807) is 0 Å². The summed E-state index contributed by atoms with van der Waals surface area (Å²) in [5.74, 6) is 0. The van der Waals surface area contributed by atoms with Gasteiger partial charge in [-0.3, -0.25) is 15.0 Å². The van der Waals surface area contributed by atoms with Gasteiger partial charge >= 0.3 is 0 Å². The van der Waals surface area contributed by atoms with E-state index in [2.05, 4.69) is 125 Å². The van der Waals surface area contributed by atoms with Gasteiger partial charge in [-0.25, -0.2) is 0 Å². The van der Waals surface area contributed by atoms with E-state index in [4.69, 9.17) is 9.97 Å². The Bertz CT molecular complexity index is 2250. The van der Waals surface area contributed by atoms with Crippen molar-refractivity contribution in [2.75, 3.05) is 0 Å². The highest BCUT2D eigenvalue weighted by Gasteiger charge is 2.40. The van der Waals surface area contributed by atoms with Crippen LogP contribution < -0.4 is 0 Å². The van der Waals surface area contributed by atoms with Crippen LogP contribution in [0.15, 0.2) is 104 Å². The van der Waals surface area contributed by atoms with E-state index >= 15 is 0 Å². The van der Waals surface area contributed by atoms with E-state index in [9.17, 15) is 0 Å². The third-order valence-corrected chi connectivity index (χ3v) is 11.0. The van der Waals surface area contributed by atoms with E-state index < -0.39 is 0 Å². The Hall–Kier alpha value is -4.89. The Morgan fingerprint density at radius 2 is 0.911 bits per heavy atom. The molecular weight excluding hydrogens is 546 g/mol. The van der Waals surface area contributed by atoms with Crippen molar-refractivity contribution in [2.45, 2.75) is 57.8 Å². The number of aromatic nitrogens is 3. The first-order chi connectivity index (χ1) is 21.6. The van der Waals surface area contributed by atoms with Crippen molar-refractivity contribution < 1.29 is 0 Å². The second kappa shape index (κ2) is 8.63. The number of hydrogen-bond donors (Lipinski definition) is 0. The summed E-state index contributed by atoms with van der Waals surface area (Å²) in [6, 6.07) is 31.7. The van der Waals surface area contributed by atoms with E-state index in [-0.39, 0.29) is 16.2 Å². The van der Waals surface area contributed by atoms with Gasteiger partial charge in [-0.2, -0.15) is 0 Å². The average molecular weight is 582 g/mol. The zero-order valence-electron chi connectivity index (χ0n) is 26.7. The van der Waals surface area contributed by atoms with Gasteiger partial charge < -0.3 is 0 Å². The van der Waals surface area contributed by atoms with Crippen LogP contribution in [0.25, 0.3) is 56.0 Å². The molecule has 0 spiro atoms. The lowest BCUT2D eigenvalue weighted by Gasteiger charge is -2.23. The minimum atomic E-state index is -0.155. The SMILES string of the molecule is CC1(C)c2ccccc2-c2ccc(-c3ccc4c(c3)-c3ncc(-c5cnc6c(c5)C(C)(C)c5cccnc5-6)cc3C4(C)C)cc21. The lowest BCUT2D eigenvalue weighted by molar-refractivity contribution is 0.657. The molecule has 0 saturated heterocycles. The van der Waals surface area contributed by atoms with Crippen molar-refractivity contribution in [1.82, 2.24) is 15.0 Å². The molecule has 0 atom stereocenters. The van der Waals surface area contributed by atoms with Crippen molar-refractivity contribution in [2.24, 2.45) is 0 Å². The fraction of sp³-hybridized carbons (Fsp3) is 0.214. The Morgan fingerprint density at radius 1 is 0.378 bits per heavy atom. The van der Waals surface area contributed by atoms with Gasteiger partial charge in [0.25, 0.3) is 0 Å². The number of pyridine rings is 3. The fourth-order valence-electron chi connectivity index (χ4n) is 8.34. The molecule has 0 unspecified atom stereocenters. The molecule has 218 valence electrons. The predicted octanol–water partition coefficient (Wildman–Crippen LogP) is 10.1. The van der Waals surface area contributed by atoms with Crippen molar-refractivity contribution >= 4 is 0 Å². The Morgan fingerprint density at radius 3 is 1.71 bits per heavy atom. The normalized spacial score (nSPS) is 16.8. The lowest BCUT2D eigenvalue weighted by Crippen LogP contribution is -2.16. The molecule has 9 rings (SSSR count). The molecular formula is C42H35N3. The first-order valence-electron chi connectivity index (χ1n) is 15.9. The van der Waals surface area contributed by atoms with Gasteiger partial charge in [0.05, 0.1) is 17.1 Å². The largest absolute Gasteiger partial charge is 0.255 e. The average Bonchev–Trinajstić information content (AvgIpc) is 3.53. The number of rotatable bonds is 2. The van der Waals surface area contributed by atoms with Gasteiger partial charge in [0.15, 0.2) is 0 Å². The summed E-state index contributed by atoms with van der Waals surface area (Å²) in [6.07, 6.45) is 5.88. The van der Waals surface area contributed by atoms with Crippen LogP contribution in [0.1, 0.15) is 74.9 Å². The summed E-state index contributed by atoms with van der Waals surface area (Å²) in [7, 11) is 0. The maximum atomic E-state index is 5.14. The molecule has 0 N–H and O–H groups in total. The van der Waals surface area contributed by atoms with Crippen molar-refractivity contribution in [3.63, 3.8) is 0 Å². The maximum absolute atomic E-state index is 5.14. The van der Waals surface area contributed by atoms with E-state index in [1.165, 1.54) is 61.2 Å². The highest BCUT2D eigenvalue weighted by molar-refractivity contribution is 5.87. The molecule has 0 saturated carbocycles. The van der Waals surface area contributed by atoms with E-state index in [0.29, 0.717) is 0 Å². The molecule has 0 fully saturated rings. The Balaban J connectivity index is 1.12. The molecule has 3 nitrogen and oxygen atoms in total. The fourth-order valence-corrected chi connectivity index (χ4v) is 8.34. The highest BCUT2D eigenvalue weighted by atomic mass is 14.8. The van der Waals surface area contributed by atoms with Gasteiger partial charge in [0.1, 0.15) is 0 Å². The molecule has 3 heteroatoms. The van der Waals surface area contributed by atoms with Crippen LogP contribution in [0.4, 0.5) is 0 Å². The Labute approximate surface area is 265 Å². The van der Waals surface area contributed by atoms with Crippen LogP contribution in [-0.2, 0) is 16.2 Å². The number of fused-ring (bicyclic) bond motifs is 9. The first kappa shape index (κ1) is 26.5. The van der Waals surface area contributed by atoms with Gasteiger partial charge in [0, 0.05) is 51.5 Å². The zero-order valence-corrected chi connectivity index (χ0v) is 26.7. The molecule has 3 aliphatic carbocycles. The van der Waals surface area contributed by atoms with Crippen LogP contribution in [0.2, 0.25) is 0 Å². The monoisotopic (exact) mass is 581 g/mol. The highest BCUT2D eigenvalue weighted by Crippen LogP contribution is 2.52. The standard InChI is InChI=1S/C42H35N3/c1-40(2)31-11-8-7-10-28(31)29-15-13-25(19-34(29)40)24-14-16-32-30(18-24)37-35(41(32,3)4)20-26(22-44-37)27-21-36-39(45-23-27)38-33(42(36,5)6)12-9-17-43-38/h7-23H,1-6H3. The van der Waals surface area contributed by atoms with Crippen molar-refractivity contribution in [1.29, 1.82) is 0 Å².